The molecule has 1 N–H and O–H groups in total. The minimum absolute atomic E-state index is 0.0143. The van der Waals surface area contributed by atoms with Gasteiger partial charge in [-0.05, 0) is 59.2 Å². The Morgan fingerprint density at radius 2 is 1.59 bits per heavy atom. The number of nitrogens with one attached hydrogen (secondary N) is 1. The maximum atomic E-state index is 13.6. The molecule has 3 rings (SSSR count). The van der Waals surface area contributed by atoms with Crippen LogP contribution in [0.1, 0.15) is 47.0 Å². The molecule has 5 nitrogen and oxygen atoms in total. The summed E-state index contributed by atoms with van der Waals surface area (Å²) in [7, 11) is -3.76. The molecule has 1 amide bonds. The van der Waals surface area contributed by atoms with Crippen molar-refractivity contribution in [2.24, 2.45) is 11.3 Å². The quantitative estimate of drug-likeness (QED) is 0.362. The smallest absolute Gasteiger partial charge is 0.264 e. The second-order valence-corrected chi connectivity index (χ2v) is 12.1. The number of para-hydroxylation sites is 1. The minimum atomic E-state index is -3.76. The maximum absolute atomic E-state index is 13.6. The van der Waals surface area contributed by atoms with Crippen molar-refractivity contribution in [3.63, 3.8) is 0 Å². The van der Waals surface area contributed by atoms with Crippen LogP contribution in [-0.2, 0) is 14.8 Å². The Labute approximate surface area is 204 Å². The molecule has 0 bridgehead atoms. The van der Waals surface area contributed by atoms with Gasteiger partial charge < -0.3 is 5.32 Å². The predicted molar refractivity (Wildman–Crippen MR) is 140 cm³/mol. The Kier molecular flexibility index (Phi) is 8.37. The molecule has 0 aliphatic carbocycles. The number of nitrogens with zero attached hydrogens (tertiary/aromatic N) is 1. The molecule has 0 heterocycles. The van der Waals surface area contributed by atoms with Gasteiger partial charge in [0.05, 0.1) is 10.6 Å². The van der Waals surface area contributed by atoms with Gasteiger partial charge in [-0.25, -0.2) is 8.42 Å². The van der Waals surface area contributed by atoms with E-state index in [9.17, 15) is 13.2 Å². The number of amides is 1. The number of anilines is 1. The summed E-state index contributed by atoms with van der Waals surface area (Å²) in [5.41, 5.74) is 0.799. The van der Waals surface area contributed by atoms with Gasteiger partial charge in [0.15, 0.2) is 0 Å². The number of fused-ring (bicyclic) bond motifs is 1. The van der Waals surface area contributed by atoms with Gasteiger partial charge in [0.25, 0.3) is 10.0 Å². The van der Waals surface area contributed by atoms with Crippen molar-refractivity contribution in [1.29, 1.82) is 0 Å². The van der Waals surface area contributed by atoms with Crippen LogP contribution in [0.5, 0.6) is 0 Å². The molecule has 6 heteroatoms. The first kappa shape index (κ1) is 25.8. The van der Waals surface area contributed by atoms with Crippen LogP contribution in [0, 0.1) is 11.3 Å². The van der Waals surface area contributed by atoms with Gasteiger partial charge in [0, 0.05) is 19.5 Å². The number of carbonyl (C=O) groups is 1. The van der Waals surface area contributed by atoms with Crippen LogP contribution in [-0.4, -0.2) is 27.4 Å². The molecule has 0 saturated carbocycles. The average molecular weight is 481 g/mol. The van der Waals surface area contributed by atoms with Gasteiger partial charge in [-0.15, -0.1) is 0 Å². The number of hydrogen-bond acceptors (Lipinski definition) is 3. The minimum Gasteiger partial charge on any atom is -0.356 e. The van der Waals surface area contributed by atoms with E-state index in [1.165, 1.54) is 4.31 Å². The van der Waals surface area contributed by atoms with E-state index in [1.807, 2.05) is 48.5 Å². The molecule has 0 aliphatic rings. The standard InChI is InChI=1S/C28H36N2O3S/c1-22(21-28(2,3)4)19-27(31)29-17-10-18-30(25-13-6-5-7-14-25)34(32,33)26-16-15-23-11-8-9-12-24(23)20-26/h5-9,11-16,20,22H,10,17-19,21H2,1-4H3,(H,29,31). The van der Waals surface area contributed by atoms with Gasteiger partial charge in [-0.2, -0.15) is 0 Å². The number of carbonyl (C=O) groups excluding carboxylic acids is 1. The fraction of sp³-hybridized carbons (Fsp3) is 0.393. The Hall–Kier alpha value is -2.86. The molecule has 0 saturated heterocycles. The first-order chi connectivity index (χ1) is 16.1. The van der Waals surface area contributed by atoms with E-state index < -0.39 is 10.0 Å². The van der Waals surface area contributed by atoms with E-state index in [2.05, 4.69) is 33.0 Å². The van der Waals surface area contributed by atoms with Gasteiger partial charge >= 0.3 is 0 Å². The van der Waals surface area contributed by atoms with Gasteiger partial charge in [-0.3, -0.25) is 9.10 Å². The summed E-state index contributed by atoms with van der Waals surface area (Å²) < 4.78 is 28.7. The average Bonchev–Trinajstić information content (AvgIpc) is 2.77. The zero-order valence-corrected chi connectivity index (χ0v) is 21.4. The molecule has 182 valence electrons. The van der Waals surface area contributed by atoms with Crippen LogP contribution < -0.4 is 9.62 Å². The molecule has 34 heavy (non-hydrogen) atoms. The summed E-state index contributed by atoms with van der Waals surface area (Å²) in [6.45, 7) is 9.33. The van der Waals surface area contributed by atoms with Crippen LogP contribution in [0.2, 0.25) is 0 Å². The fourth-order valence-electron chi connectivity index (χ4n) is 4.39. The van der Waals surface area contributed by atoms with Crippen LogP contribution in [0.15, 0.2) is 77.7 Å². The summed E-state index contributed by atoms with van der Waals surface area (Å²) in [5.74, 6) is 0.314. The molecule has 0 fully saturated rings. The van der Waals surface area contributed by atoms with Crippen LogP contribution >= 0.6 is 0 Å². The molecule has 0 radical (unpaired) electrons. The Bertz CT molecular complexity index is 1200. The third-order valence-corrected chi connectivity index (χ3v) is 7.53. The second-order valence-electron chi connectivity index (χ2n) is 10.2. The Balaban J connectivity index is 1.69. The lowest BCUT2D eigenvalue weighted by Gasteiger charge is -2.25. The Morgan fingerprint density at radius 1 is 0.941 bits per heavy atom. The highest BCUT2D eigenvalue weighted by Crippen LogP contribution is 2.27. The first-order valence-corrected chi connectivity index (χ1v) is 13.3. The van der Waals surface area contributed by atoms with E-state index in [4.69, 9.17) is 0 Å². The van der Waals surface area contributed by atoms with E-state index in [1.54, 1.807) is 24.3 Å². The highest BCUT2D eigenvalue weighted by atomic mass is 32.2. The summed E-state index contributed by atoms with van der Waals surface area (Å²) in [6.07, 6.45) is 1.97. The highest BCUT2D eigenvalue weighted by Gasteiger charge is 2.25. The molecular formula is C28H36N2O3S. The van der Waals surface area contributed by atoms with Crippen molar-refractivity contribution in [1.82, 2.24) is 5.32 Å². The highest BCUT2D eigenvalue weighted by molar-refractivity contribution is 7.92. The molecule has 0 aromatic heterocycles. The monoisotopic (exact) mass is 480 g/mol. The number of rotatable bonds is 10. The van der Waals surface area contributed by atoms with Crippen LogP contribution in [0.4, 0.5) is 5.69 Å². The number of sulfonamides is 1. The van der Waals surface area contributed by atoms with Crippen LogP contribution in [0.3, 0.4) is 0 Å². The molecule has 1 atom stereocenters. The van der Waals surface area contributed by atoms with Crippen molar-refractivity contribution in [2.75, 3.05) is 17.4 Å². The summed E-state index contributed by atoms with van der Waals surface area (Å²) in [6, 6.07) is 22.1. The van der Waals surface area contributed by atoms with E-state index >= 15 is 0 Å². The third-order valence-electron chi connectivity index (χ3n) is 5.71. The van der Waals surface area contributed by atoms with Crippen molar-refractivity contribution >= 4 is 32.4 Å². The van der Waals surface area contributed by atoms with E-state index in [0.717, 1.165) is 17.2 Å². The third kappa shape index (κ3) is 7.07. The molecule has 1 unspecified atom stereocenters. The number of hydrogen-bond donors (Lipinski definition) is 1. The molecular weight excluding hydrogens is 444 g/mol. The van der Waals surface area contributed by atoms with Crippen molar-refractivity contribution in [3.05, 3.63) is 72.8 Å². The number of benzene rings is 3. The topological polar surface area (TPSA) is 66.5 Å². The summed E-state index contributed by atoms with van der Waals surface area (Å²) in [4.78, 5) is 12.6. The largest absolute Gasteiger partial charge is 0.356 e. The predicted octanol–water partition coefficient (Wildman–Crippen LogP) is 6.00. The SMILES string of the molecule is CC(CC(=O)NCCCN(c1ccccc1)S(=O)(=O)c1ccc2ccccc2c1)CC(C)(C)C. The molecule has 3 aromatic carbocycles. The molecule has 3 aromatic rings. The molecule has 0 aliphatic heterocycles. The van der Waals surface area contributed by atoms with Crippen molar-refractivity contribution < 1.29 is 13.2 Å². The second kappa shape index (κ2) is 11.0. The zero-order chi connectivity index (χ0) is 24.8. The zero-order valence-electron chi connectivity index (χ0n) is 20.6. The fourth-order valence-corrected chi connectivity index (χ4v) is 5.93. The van der Waals surface area contributed by atoms with Crippen molar-refractivity contribution in [3.8, 4) is 0 Å². The van der Waals surface area contributed by atoms with Gasteiger partial charge in [0.1, 0.15) is 0 Å². The van der Waals surface area contributed by atoms with E-state index in [0.29, 0.717) is 31.0 Å². The first-order valence-electron chi connectivity index (χ1n) is 11.9. The van der Waals surface area contributed by atoms with Gasteiger partial charge in [0.2, 0.25) is 5.91 Å². The lowest BCUT2D eigenvalue weighted by molar-refractivity contribution is -0.122. The Morgan fingerprint density at radius 3 is 2.26 bits per heavy atom. The lowest BCUT2D eigenvalue weighted by atomic mass is 9.84. The van der Waals surface area contributed by atoms with E-state index in [-0.39, 0.29) is 22.8 Å². The van der Waals surface area contributed by atoms with Gasteiger partial charge in [-0.1, -0.05) is 76.2 Å². The summed E-state index contributed by atoms with van der Waals surface area (Å²) >= 11 is 0. The van der Waals surface area contributed by atoms with Crippen molar-refractivity contribution in [2.45, 2.75) is 51.9 Å². The lowest BCUT2D eigenvalue weighted by Crippen LogP contribution is -2.34. The normalized spacial score (nSPS) is 12.9. The summed E-state index contributed by atoms with van der Waals surface area (Å²) in [5, 5.41) is 4.84. The maximum Gasteiger partial charge on any atom is 0.264 e. The molecule has 0 spiro atoms. The van der Waals surface area contributed by atoms with Crippen LogP contribution in [0.25, 0.3) is 10.8 Å².